The highest BCUT2D eigenvalue weighted by molar-refractivity contribution is 5.89. The average molecular weight is 414 g/mol. The van der Waals surface area contributed by atoms with Gasteiger partial charge in [0.25, 0.3) is 0 Å². The summed E-state index contributed by atoms with van der Waals surface area (Å²) in [6.07, 6.45) is 12.0. The second kappa shape index (κ2) is 10.4. The molecule has 6 nitrogen and oxygen atoms in total. The molecule has 0 spiro atoms. The Labute approximate surface area is 177 Å². The number of carbonyl (C=O) groups is 2. The van der Waals surface area contributed by atoms with Crippen LogP contribution in [0, 0.1) is 5.92 Å². The summed E-state index contributed by atoms with van der Waals surface area (Å²) in [5.74, 6) is -0.557. The van der Waals surface area contributed by atoms with Crippen LogP contribution in [0.1, 0.15) is 63.0 Å². The summed E-state index contributed by atoms with van der Waals surface area (Å²) < 4.78 is 5.41. The fraction of sp³-hybridized carbons (Fsp3) is 0.500. The Hall–Kier alpha value is -2.60. The number of rotatable bonds is 6. The summed E-state index contributed by atoms with van der Waals surface area (Å²) in [4.78, 5) is 19.1. The predicted octanol–water partition coefficient (Wildman–Crippen LogP) is 4.48. The van der Waals surface area contributed by atoms with Crippen LogP contribution in [0.2, 0.25) is 0 Å². The molecule has 0 radical (unpaired) electrons. The van der Waals surface area contributed by atoms with Crippen LogP contribution >= 0.6 is 0 Å². The number of ether oxygens (including phenoxy) is 1. The van der Waals surface area contributed by atoms with Crippen LogP contribution in [0.3, 0.4) is 0 Å². The highest BCUT2D eigenvalue weighted by Gasteiger charge is 2.34. The van der Waals surface area contributed by atoms with Crippen LogP contribution in [0.4, 0.5) is 0 Å². The van der Waals surface area contributed by atoms with E-state index in [0.29, 0.717) is 24.2 Å². The lowest BCUT2D eigenvalue weighted by Crippen LogP contribution is -2.40. The molecule has 6 heteroatoms. The lowest BCUT2D eigenvalue weighted by Gasteiger charge is -2.38. The molecule has 1 heterocycles. The van der Waals surface area contributed by atoms with E-state index in [0.717, 1.165) is 11.7 Å². The van der Waals surface area contributed by atoms with Gasteiger partial charge in [-0.25, -0.2) is 9.59 Å². The lowest BCUT2D eigenvalue weighted by atomic mass is 9.78. The maximum Gasteiger partial charge on any atom is 0.328 e. The molecule has 30 heavy (non-hydrogen) atoms. The van der Waals surface area contributed by atoms with Gasteiger partial charge in [0.05, 0.1) is 7.11 Å². The van der Waals surface area contributed by atoms with Gasteiger partial charge >= 0.3 is 11.9 Å². The van der Waals surface area contributed by atoms with Crippen LogP contribution in [0.15, 0.2) is 47.6 Å². The third-order valence-electron chi connectivity index (χ3n) is 6.03. The van der Waals surface area contributed by atoms with E-state index in [4.69, 9.17) is 14.9 Å². The molecule has 4 rings (SSSR count). The van der Waals surface area contributed by atoms with Gasteiger partial charge in [0, 0.05) is 24.2 Å². The van der Waals surface area contributed by atoms with Gasteiger partial charge in [-0.05, 0) is 62.1 Å². The van der Waals surface area contributed by atoms with Gasteiger partial charge in [0.1, 0.15) is 5.75 Å². The van der Waals surface area contributed by atoms with Crippen LogP contribution in [0.25, 0.3) is 0 Å². The molecule has 1 aliphatic heterocycles. The lowest BCUT2D eigenvalue weighted by molar-refractivity contribution is -0.134. The zero-order valence-electron chi connectivity index (χ0n) is 17.5. The van der Waals surface area contributed by atoms with Gasteiger partial charge in [-0.15, -0.1) is 0 Å². The first-order chi connectivity index (χ1) is 14.5. The van der Waals surface area contributed by atoms with Crippen molar-refractivity contribution in [3.05, 3.63) is 53.1 Å². The topological polar surface area (TPSA) is 95.9 Å². The largest absolute Gasteiger partial charge is 0.497 e. The smallest absolute Gasteiger partial charge is 0.328 e. The van der Waals surface area contributed by atoms with E-state index in [1.54, 1.807) is 18.3 Å². The molecule has 0 saturated heterocycles. The normalized spacial score (nSPS) is 23.4. The van der Waals surface area contributed by atoms with Crippen LogP contribution < -0.4 is 10.1 Å². The molecule has 3 N–H and O–H groups in total. The summed E-state index contributed by atoms with van der Waals surface area (Å²) in [5.41, 5.74) is 4.93. The van der Waals surface area contributed by atoms with E-state index in [-0.39, 0.29) is 0 Å². The minimum absolute atomic E-state index is 0.468. The summed E-state index contributed by atoms with van der Waals surface area (Å²) >= 11 is 0. The van der Waals surface area contributed by atoms with Gasteiger partial charge in [0.15, 0.2) is 0 Å². The summed E-state index contributed by atoms with van der Waals surface area (Å²) in [7, 11) is 1.76. The van der Waals surface area contributed by atoms with Crippen molar-refractivity contribution in [1.29, 1.82) is 0 Å². The molecular weight excluding hydrogens is 382 g/mol. The van der Waals surface area contributed by atoms with Crippen molar-refractivity contribution in [2.45, 2.75) is 63.5 Å². The van der Waals surface area contributed by atoms with Crippen LogP contribution in [-0.4, -0.2) is 35.3 Å². The Bertz CT molecular complexity index is 809. The molecule has 1 aromatic carbocycles. The van der Waals surface area contributed by atoms with Gasteiger partial charge in [-0.2, -0.15) is 0 Å². The van der Waals surface area contributed by atoms with E-state index in [2.05, 4.69) is 23.5 Å². The Kier molecular flexibility index (Phi) is 7.69. The molecule has 0 aromatic heterocycles. The SMILES string of the molecule is COc1cccc([C@@H]2CC3=C(CCCC3)C(CC3CC3)N2)c1.O=C(O)/C=C\C(=O)O. The summed E-state index contributed by atoms with van der Waals surface area (Å²) in [6.45, 7) is 0. The molecule has 0 amide bonds. The van der Waals surface area contributed by atoms with Crippen molar-refractivity contribution in [2.24, 2.45) is 5.92 Å². The second-order valence-corrected chi connectivity index (χ2v) is 8.28. The molecule has 1 unspecified atom stereocenters. The number of methoxy groups -OCH3 is 1. The highest BCUT2D eigenvalue weighted by atomic mass is 16.5. The first kappa shape index (κ1) is 22.1. The van der Waals surface area contributed by atoms with E-state index in [1.807, 2.05) is 6.07 Å². The zero-order valence-corrected chi connectivity index (χ0v) is 17.5. The van der Waals surface area contributed by atoms with Crippen molar-refractivity contribution < 1.29 is 24.5 Å². The van der Waals surface area contributed by atoms with E-state index >= 15 is 0 Å². The third kappa shape index (κ3) is 6.46. The molecule has 2 atom stereocenters. The highest BCUT2D eigenvalue weighted by Crippen LogP contribution is 2.43. The summed E-state index contributed by atoms with van der Waals surface area (Å²) in [5, 5.41) is 19.6. The maximum atomic E-state index is 9.55. The molecule has 0 bridgehead atoms. The monoisotopic (exact) mass is 413 g/mol. The zero-order chi connectivity index (χ0) is 21.5. The van der Waals surface area contributed by atoms with Gasteiger partial charge in [-0.1, -0.05) is 36.1 Å². The number of aliphatic carboxylic acids is 2. The van der Waals surface area contributed by atoms with Crippen LogP contribution in [-0.2, 0) is 9.59 Å². The maximum absolute atomic E-state index is 9.55. The third-order valence-corrected chi connectivity index (χ3v) is 6.03. The van der Waals surface area contributed by atoms with Crippen molar-refractivity contribution in [3.8, 4) is 5.75 Å². The first-order valence-electron chi connectivity index (χ1n) is 10.7. The van der Waals surface area contributed by atoms with Gasteiger partial charge < -0.3 is 20.3 Å². The van der Waals surface area contributed by atoms with Gasteiger partial charge in [-0.3, -0.25) is 0 Å². The Morgan fingerprint density at radius 2 is 1.83 bits per heavy atom. The summed E-state index contributed by atoms with van der Waals surface area (Å²) in [6, 6.07) is 9.72. The average Bonchev–Trinajstić information content (AvgIpc) is 3.57. The quantitative estimate of drug-likeness (QED) is 0.470. The standard InChI is InChI=1S/C20H27NO.C4H4O4/c1-22-17-7-4-6-16(12-17)19-13-15-5-2-3-8-18(15)20(21-19)11-14-9-10-14;5-3(6)1-2-4(7)8/h4,6-7,12,14,19-21H,2-3,5,8-11,13H2,1H3;1-2H,(H,5,6)(H,7,8)/b;2-1-/t19-,20?;/m0./s1. The number of benzene rings is 1. The Morgan fingerprint density at radius 3 is 2.47 bits per heavy atom. The van der Waals surface area contributed by atoms with E-state index in [9.17, 15) is 9.59 Å². The fourth-order valence-electron chi connectivity index (χ4n) is 4.41. The first-order valence-corrected chi connectivity index (χ1v) is 10.7. The molecule has 1 fully saturated rings. The molecule has 1 aromatic rings. The fourth-order valence-corrected chi connectivity index (χ4v) is 4.41. The molecule has 2 aliphatic carbocycles. The molecule has 1 saturated carbocycles. The molecule has 3 aliphatic rings. The van der Waals surface area contributed by atoms with Crippen molar-refractivity contribution in [2.75, 3.05) is 7.11 Å². The Balaban J connectivity index is 0.000000275. The second-order valence-electron chi connectivity index (χ2n) is 8.28. The number of hydrogen-bond acceptors (Lipinski definition) is 4. The van der Waals surface area contributed by atoms with Crippen molar-refractivity contribution in [3.63, 3.8) is 0 Å². The number of hydrogen-bond donors (Lipinski definition) is 3. The van der Waals surface area contributed by atoms with E-state index in [1.165, 1.54) is 56.9 Å². The molecule has 162 valence electrons. The molecular formula is C24H31NO5. The number of carboxylic acid groups (broad SMARTS) is 2. The minimum Gasteiger partial charge on any atom is -0.497 e. The number of carboxylic acids is 2. The van der Waals surface area contributed by atoms with E-state index < -0.39 is 11.9 Å². The van der Waals surface area contributed by atoms with Crippen molar-refractivity contribution in [1.82, 2.24) is 5.32 Å². The van der Waals surface area contributed by atoms with Crippen LogP contribution in [0.5, 0.6) is 5.75 Å². The predicted molar refractivity (Wildman–Crippen MR) is 115 cm³/mol. The Morgan fingerprint density at radius 1 is 1.13 bits per heavy atom. The minimum atomic E-state index is -1.26. The van der Waals surface area contributed by atoms with Gasteiger partial charge in [0.2, 0.25) is 0 Å². The van der Waals surface area contributed by atoms with Crippen molar-refractivity contribution >= 4 is 11.9 Å². The number of nitrogens with one attached hydrogen (secondary N) is 1.